The molecule has 0 spiro atoms. The zero-order valence-electron chi connectivity index (χ0n) is 27.3. The van der Waals surface area contributed by atoms with Crippen LogP contribution in [0.4, 0.5) is 11.4 Å². The molecule has 3 aromatic heterocycles. The van der Waals surface area contributed by atoms with Gasteiger partial charge in [-0.3, -0.25) is 0 Å². The number of fused-ring (bicyclic) bond motifs is 10. The summed E-state index contributed by atoms with van der Waals surface area (Å²) >= 11 is 0. The van der Waals surface area contributed by atoms with Gasteiger partial charge < -0.3 is 13.7 Å². The highest BCUT2D eigenvalue weighted by molar-refractivity contribution is 6.12. The van der Waals surface area contributed by atoms with Crippen molar-refractivity contribution in [3.05, 3.63) is 169 Å². The second-order valence-corrected chi connectivity index (χ2v) is 13.1. The van der Waals surface area contributed by atoms with Gasteiger partial charge in [0.05, 0.1) is 6.04 Å². The van der Waals surface area contributed by atoms with Crippen LogP contribution in [-0.2, 0) is 0 Å². The summed E-state index contributed by atoms with van der Waals surface area (Å²) in [6, 6.07) is 49.9. The van der Waals surface area contributed by atoms with Gasteiger partial charge in [-0.2, -0.15) is 0 Å². The molecule has 51 heavy (non-hydrogen) atoms. The maximum Gasteiger partial charge on any atom is 0.164 e. The molecule has 0 radical (unpaired) electrons. The van der Waals surface area contributed by atoms with Crippen LogP contribution >= 0.6 is 0 Å². The molecule has 0 fully saturated rings. The molecular weight excluding hydrogens is 629 g/mol. The standard InChI is InChI=1S/C45H28N4O2/c1-3-13-27(14-4-1)43-46-44(31-19-11-23-36-39(31)30-18-8-10-22-35(30)50-36)48-45(47-43)32-20-12-24-37-41(32)42-38(51-37)26-25-34-40(42)29-17-7-9-21-33(29)49(34)28-15-5-2-6-16-28/h1-26,34,40H. The maximum atomic E-state index is 6.65. The number of hydrogen-bond donors (Lipinski definition) is 0. The zero-order chi connectivity index (χ0) is 33.5. The molecule has 6 heteroatoms. The van der Waals surface area contributed by atoms with E-state index in [2.05, 4.69) is 89.8 Å². The summed E-state index contributed by atoms with van der Waals surface area (Å²) in [6.45, 7) is 0. The zero-order valence-corrected chi connectivity index (χ0v) is 27.3. The van der Waals surface area contributed by atoms with E-state index >= 15 is 0 Å². The lowest BCUT2D eigenvalue weighted by atomic mass is 9.82. The van der Waals surface area contributed by atoms with Gasteiger partial charge in [0, 0.05) is 55.7 Å². The van der Waals surface area contributed by atoms with Gasteiger partial charge in [-0.15, -0.1) is 0 Å². The van der Waals surface area contributed by atoms with E-state index in [1.807, 2.05) is 72.8 Å². The van der Waals surface area contributed by atoms with Crippen LogP contribution in [0.2, 0.25) is 0 Å². The Morgan fingerprint density at radius 2 is 1.14 bits per heavy atom. The minimum absolute atomic E-state index is 0.0461. The van der Waals surface area contributed by atoms with Gasteiger partial charge in [0.25, 0.3) is 0 Å². The Morgan fingerprint density at radius 1 is 0.510 bits per heavy atom. The summed E-state index contributed by atoms with van der Waals surface area (Å²) in [7, 11) is 0. The van der Waals surface area contributed by atoms with Crippen molar-refractivity contribution in [3.63, 3.8) is 0 Å². The molecule has 0 saturated heterocycles. The van der Waals surface area contributed by atoms with Crippen LogP contribution in [0.15, 0.2) is 161 Å². The van der Waals surface area contributed by atoms with Crippen molar-refractivity contribution in [1.29, 1.82) is 0 Å². The van der Waals surface area contributed by atoms with E-state index in [1.54, 1.807) is 0 Å². The summed E-state index contributed by atoms with van der Waals surface area (Å²) < 4.78 is 12.9. The maximum absolute atomic E-state index is 6.65. The quantitative estimate of drug-likeness (QED) is 0.188. The van der Waals surface area contributed by atoms with Gasteiger partial charge in [0.15, 0.2) is 17.5 Å². The van der Waals surface area contributed by atoms with Crippen molar-refractivity contribution < 1.29 is 8.83 Å². The number of para-hydroxylation sites is 3. The van der Waals surface area contributed by atoms with Crippen LogP contribution < -0.4 is 4.90 Å². The minimum Gasteiger partial charge on any atom is -0.456 e. The molecular formula is C45H28N4O2. The Labute approximate surface area is 293 Å². The first-order valence-corrected chi connectivity index (χ1v) is 17.2. The summed E-state index contributed by atoms with van der Waals surface area (Å²) in [4.78, 5) is 18.0. The highest BCUT2D eigenvalue weighted by Gasteiger charge is 2.43. The lowest BCUT2D eigenvalue weighted by Gasteiger charge is -2.30. The first-order valence-electron chi connectivity index (χ1n) is 17.2. The monoisotopic (exact) mass is 656 g/mol. The predicted molar refractivity (Wildman–Crippen MR) is 203 cm³/mol. The fourth-order valence-corrected chi connectivity index (χ4v) is 8.18. The number of anilines is 2. The van der Waals surface area contributed by atoms with Gasteiger partial charge >= 0.3 is 0 Å². The summed E-state index contributed by atoms with van der Waals surface area (Å²) in [5, 5.41) is 3.04. The van der Waals surface area contributed by atoms with Crippen LogP contribution in [0.1, 0.15) is 22.8 Å². The van der Waals surface area contributed by atoms with Gasteiger partial charge in [-0.05, 0) is 48.0 Å². The highest BCUT2D eigenvalue weighted by atomic mass is 16.3. The SMILES string of the molecule is C1=CC2C(c3ccccc3N2c2ccccc2)c2c1oc1cccc(-c3nc(-c4ccccc4)nc(-c4cccc5oc6ccccc6c45)n3)c21. The topological polar surface area (TPSA) is 68.2 Å². The molecule has 2 aliphatic rings. The van der Waals surface area contributed by atoms with E-state index in [1.165, 1.54) is 11.3 Å². The molecule has 6 nitrogen and oxygen atoms in total. The van der Waals surface area contributed by atoms with Crippen LogP contribution in [0.3, 0.4) is 0 Å². The fourth-order valence-electron chi connectivity index (χ4n) is 8.18. The molecule has 2 unspecified atom stereocenters. The molecule has 0 saturated carbocycles. The van der Waals surface area contributed by atoms with Crippen molar-refractivity contribution in [2.45, 2.75) is 12.0 Å². The molecule has 2 atom stereocenters. The van der Waals surface area contributed by atoms with Gasteiger partial charge in [0.1, 0.15) is 22.5 Å². The second kappa shape index (κ2) is 10.9. The Bertz CT molecular complexity index is 2840. The Morgan fingerprint density at radius 3 is 1.94 bits per heavy atom. The Hall–Kier alpha value is -6.79. The third-order valence-electron chi connectivity index (χ3n) is 10.3. The van der Waals surface area contributed by atoms with Crippen molar-refractivity contribution in [3.8, 4) is 34.2 Å². The number of furan rings is 2. The fraction of sp³-hybridized carbons (Fsp3) is 0.0444. The molecule has 0 amide bonds. The molecule has 4 heterocycles. The van der Waals surface area contributed by atoms with Crippen LogP contribution in [-0.4, -0.2) is 21.0 Å². The molecule has 9 aromatic rings. The number of aromatic nitrogens is 3. The van der Waals surface area contributed by atoms with E-state index in [0.29, 0.717) is 17.5 Å². The van der Waals surface area contributed by atoms with E-state index in [-0.39, 0.29) is 12.0 Å². The van der Waals surface area contributed by atoms with Crippen molar-refractivity contribution in [1.82, 2.24) is 15.0 Å². The predicted octanol–water partition coefficient (Wildman–Crippen LogP) is 11.2. The largest absolute Gasteiger partial charge is 0.456 e. The molecule has 1 aliphatic heterocycles. The lowest BCUT2D eigenvalue weighted by Crippen LogP contribution is -2.30. The normalized spacial score (nSPS) is 16.1. The summed E-state index contributed by atoms with van der Waals surface area (Å²) in [5.41, 5.74) is 9.95. The Kier molecular flexibility index (Phi) is 5.98. The Balaban J connectivity index is 1.16. The first-order chi connectivity index (χ1) is 25.3. The van der Waals surface area contributed by atoms with Crippen molar-refractivity contribution in [2.24, 2.45) is 0 Å². The number of rotatable bonds is 4. The van der Waals surface area contributed by atoms with Crippen molar-refractivity contribution >= 4 is 50.4 Å². The molecule has 0 N–H and O–H groups in total. The van der Waals surface area contributed by atoms with E-state index in [0.717, 1.165) is 66.6 Å². The molecule has 0 bridgehead atoms. The average Bonchev–Trinajstić information content (AvgIpc) is 3.88. The summed E-state index contributed by atoms with van der Waals surface area (Å²) in [6.07, 6.45) is 4.42. The number of hydrogen-bond acceptors (Lipinski definition) is 6. The molecule has 240 valence electrons. The lowest BCUT2D eigenvalue weighted by molar-refractivity contribution is 0.584. The van der Waals surface area contributed by atoms with Crippen LogP contribution in [0.5, 0.6) is 0 Å². The molecule has 11 rings (SSSR count). The molecule has 6 aromatic carbocycles. The van der Waals surface area contributed by atoms with Crippen molar-refractivity contribution in [2.75, 3.05) is 4.90 Å². The third-order valence-corrected chi connectivity index (χ3v) is 10.3. The summed E-state index contributed by atoms with van der Waals surface area (Å²) in [5.74, 6) is 2.70. The van der Waals surface area contributed by atoms with E-state index in [4.69, 9.17) is 23.8 Å². The van der Waals surface area contributed by atoms with E-state index in [9.17, 15) is 0 Å². The third kappa shape index (κ3) is 4.20. The minimum atomic E-state index is 0.0461. The smallest absolute Gasteiger partial charge is 0.164 e. The molecule has 1 aliphatic carbocycles. The van der Waals surface area contributed by atoms with Gasteiger partial charge in [-0.1, -0.05) is 115 Å². The first kappa shape index (κ1) is 28.1. The highest BCUT2D eigenvalue weighted by Crippen LogP contribution is 2.54. The van der Waals surface area contributed by atoms with E-state index < -0.39 is 0 Å². The van der Waals surface area contributed by atoms with Crippen LogP contribution in [0, 0.1) is 0 Å². The average molecular weight is 657 g/mol. The second-order valence-electron chi connectivity index (χ2n) is 13.1. The number of nitrogens with zero attached hydrogens (tertiary/aromatic N) is 4. The van der Waals surface area contributed by atoms with Crippen LogP contribution in [0.25, 0.3) is 73.1 Å². The van der Waals surface area contributed by atoms with Gasteiger partial charge in [-0.25, -0.2) is 15.0 Å². The van der Waals surface area contributed by atoms with Gasteiger partial charge in [0.2, 0.25) is 0 Å². The number of benzene rings is 6.